The van der Waals surface area contributed by atoms with Gasteiger partial charge in [-0.15, -0.1) is 13.2 Å². The summed E-state index contributed by atoms with van der Waals surface area (Å²) in [6, 6.07) is 2.62. The van der Waals surface area contributed by atoms with E-state index in [-0.39, 0.29) is 80.1 Å². The molecule has 1 aromatic rings. The number of aliphatic hydroxyl groups excluding tert-OH is 1. The second-order valence-corrected chi connectivity index (χ2v) is 34.7. The van der Waals surface area contributed by atoms with Gasteiger partial charge in [0.05, 0.1) is 75.8 Å². The molecule has 7 heterocycles. The molecule has 3 saturated heterocycles. The zero-order valence-corrected chi connectivity index (χ0v) is 75.4. The van der Waals surface area contributed by atoms with Crippen molar-refractivity contribution in [2.24, 2.45) is 29.6 Å². The standard InChI is InChI=1S/C25H43NO6.C24H41NO7.C16H26O5.C12H18N3O2PS.CF3O2S.Ag.O/c1-12-13-25(8,28-11)21(17(4)20-18(5)22(27)32-24(6,7)31-20)30-23-16(3)19(26(9)10)14-15(2)29-23;1-14-13-18(25(8)9)15(2)22(29-14)30-20(24(7,28-10)11-12-26)16(3)19-17(4)21(27)32-23(5,6)31-19;1-8-9-16(6,19-7)13(17)10(2)12-11(3)14(18)21-15(4,5)20-12;1-8-7-9(15(2)3)10(18-16)11(17-8)19-12-13-5-4-6-14-12;2-1(3,4)7(5)6;;/h12,15-17,19,21,23H,1,13-14H2,2-11H3;12,14-16,18,20,22H,11,13H2,1-10H3;8,10,13,17H,1,9H2,2-7H3;4-6,8-11H,7H2,1-3H3;;;/q;;;;-1;;/t15?,16?,17?,19?,21-,23+,25-;14?,15?,16?,18?,20-,22+,24-;10?,13-,16-;;;;/m111..../s1. The molecule has 28 nitrogen and oxygen atoms in total. The fourth-order valence-electron chi connectivity index (χ4n) is 14.3. The summed E-state index contributed by atoms with van der Waals surface area (Å²) in [4.78, 5) is 63.4. The summed E-state index contributed by atoms with van der Waals surface area (Å²) in [6.07, 6.45) is 8.99. The average Bonchev–Trinajstić information content (AvgIpc) is 0.783. The van der Waals surface area contributed by atoms with Gasteiger partial charge >= 0.3 is 47.7 Å². The Labute approximate surface area is 688 Å². The van der Waals surface area contributed by atoms with E-state index in [0.717, 1.165) is 25.5 Å². The SMILES string of the molecule is C=CC[C@@](C)(OC)[C@H](O)C(C)C1=C(C)C(=O)OC(C)(C)O1.C=CC[C@@](C)(OC)[C@H](O[C@@H]1OC(C)CC(N(C)C)C1C)C(C)C1=C(C)C(=O)OC(C)(C)O1.CC1CC(N(C)C)C(P=O)C(Sc2ncccn2)O1.CO[C@](C)(CC=O)[C@H](O[C@@H]1OC(C)CC(N(C)C)C1C)C(C)C1=C(C)C(=O)OC(C)(C)O1.O=[S-](=O)C(F)(F)F.[O]=[Ag]. The second kappa shape index (κ2) is 45.6. The van der Waals surface area contributed by atoms with E-state index in [0.29, 0.717) is 58.0 Å². The van der Waals surface area contributed by atoms with Gasteiger partial charge in [-0.2, -0.15) is 13.2 Å². The molecule has 0 saturated carbocycles. The molecule has 6 aliphatic heterocycles. The normalized spacial score (nSPS) is 28.7. The number of aliphatic hydroxyl groups is 1. The number of methoxy groups -OCH3 is 3. The Morgan fingerprint density at radius 2 is 0.920 bits per heavy atom. The number of hydrogen-bond donors (Lipinski definition) is 1. The molecule has 35 heteroatoms. The number of thioether (sulfide) groups is 1. The number of cyclic esters (lactones) is 3. The van der Waals surface area contributed by atoms with Crippen LogP contribution in [0.1, 0.15) is 177 Å². The number of alkyl halides is 3. The monoisotopic (exact) mass is 1760 g/mol. The number of nitrogens with zero attached hydrogens (tertiary/aromatic N) is 5. The summed E-state index contributed by atoms with van der Waals surface area (Å²) < 4.78 is 152. The minimum absolute atomic E-state index is 0.0141. The molecule has 0 amide bonds. The minimum atomic E-state index is -5.08. The van der Waals surface area contributed by atoms with Crippen LogP contribution in [0.25, 0.3) is 0 Å². The molecule has 1 aromatic heterocycles. The Bertz CT molecular complexity index is 3320. The Balaban J connectivity index is 0.000000502. The van der Waals surface area contributed by atoms with E-state index in [9.17, 15) is 42.0 Å². The quantitative estimate of drug-likeness (QED) is 0.0119. The summed E-state index contributed by atoms with van der Waals surface area (Å²) in [7, 11) is 13.3. The van der Waals surface area contributed by atoms with Gasteiger partial charge in [-0.3, -0.25) is 4.57 Å². The van der Waals surface area contributed by atoms with Gasteiger partial charge in [0.15, 0.2) is 26.2 Å². The van der Waals surface area contributed by atoms with Crippen LogP contribution in [-0.2, 0) is 133 Å². The molecular formula is C78H128AgF3N5O23PS2-. The molecule has 653 valence electrons. The first-order valence-corrected chi connectivity index (χ1v) is 40.8. The molecule has 0 radical (unpaired) electrons. The van der Waals surface area contributed by atoms with Crippen molar-refractivity contribution in [3.05, 3.63) is 77.8 Å². The van der Waals surface area contributed by atoms with E-state index in [1.165, 1.54) is 11.8 Å². The number of esters is 3. The second-order valence-electron chi connectivity index (χ2n) is 31.9. The number of hydrogen-bond acceptors (Lipinski definition) is 30. The van der Waals surface area contributed by atoms with Crippen molar-refractivity contribution in [1.29, 1.82) is 0 Å². The predicted octanol–water partition coefficient (Wildman–Crippen LogP) is 13.1. The van der Waals surface area contributed by atoms with Crippen LogP contribution in [0.2, 0.25) is 0 Å². The van der Waals surface area contributed by atoms with Crippen molar-refractivity contribution >= 4 is 55.1 Å². The summed E-state index contributed by atoms with van der Waals surface area (Å²) in [5.74, 6) is -3.84. The summed E-state index contributed by atoms with van der Waals surface area (Å²) in [6.45, 7) is 44.6. The maximum atomic E-state index is 12.5. The summed E-state index contributed by atoms with van der Waals surface area (Å²) >= 11 is 3.14. The molecule has 13 unspecified atom stereocenters. The summed E-state index contributed by atoms with van der Waals surface area (Å²) in [5, 5.41) is 11.3. The topological polar surface area (TPSA) is 322 Å². The van der Waals surface area contributed by atoms with Crippen molar-refractivity contribution in [2.45, 2.75) is 300 Å². The van der Waals surface area contributed by atoms with E-state index in [1.54, 1.807) is 143 Å². The van der Waals surface area contributed by atoms with Crippen molar-refractivity contribution in [3.8, 4) is 0 Å². The van der Waals surface area contributed by atoms with E-state index >= 15 is 0 Å². The zero-order chi connectivity index (χ0) is 87.2. The number of carbonyl (C=O) groups is 4. The third kappa shape index (κ3) is 29.8. The van der Waals surface area contributed by atoms with Crippen LogP contribution in [0.5, 0.6) is 0 Å². The van der Waals surface area contributed by atoms with E-state index in [1.807, 2.05) is 61.7 Å². The average molecular weight is 1760 g/mol. The van der Waals surface area contributed by atoms with Crippen LogP contribution < -0.4 is 0 Å². The van der Waals surface area contributed by atoms with Crippen LogP contribution in [0.15, 0.2) is 82.9 Å². The first-order chi connectivity index (χ1) is 52.1. The van der Waals surface area contributed by atoms with Crippen LogP contribution in [0.4, 0.5) is 13.2 Å². The summed E-state index contributed by atoms with van der Waals surface area (Å²) in [5.41, 5.74) is -6.60. The molecule has 0 bridgehead atoms. The number of carbonyl (C=O) groups excluding carboxylic acids is 4. The molecule has 21 atom stereocenters. The van der Waals surface area contributed by atoms with Crippen molar-refractivity contribution in [3.63, 3.8) is 0 Å². The van der Waals surface area contributed by atoms with Gasteiger partial charge in [-0.25, -0.2) is 24.4 Å². The fraction of sp³-hybridized carbons (Fsp3) is 0.769. The molecule has 7 rings (SSSR count). The van der Waals surface area contributed by atoms with Gasteiger partial charge in [0.25, 0.3) is 0 Å². The zero-order valence-electron chi connectivity index (χ0n) is 71.4. The molecule has 1 N–H and O–H groups in total. The predicted molar refractivity (Wildman–Crippen MR) is 414 cm³/mol. The Kier molecular flexibility index (Phi) is 42.2. The van der Waals surface area contributed by atoms with Crippen molar-refractivity contribution < 1.29 is 141 Å². The number of halogens is 3. The van der Waals surface area contributed by atoms with Crippen LogP contribution >= 0.6 is 20.2 Å². The number of aldehydes is 1. The van der Waals surface area contributed by atoms with Gasteiger partial charge in [0, 0.05) is 140 Å². The third-order valence-electron chi connectivity index (χ3n) is 20.7. The van der Waals surface area contributed by atoms with E-state index in [2.05, 4.69) is 86.8 Å². The molecule has 113 heavy (non-hydrogen) atoms. The van der Waals surface area contributed by atoms with Crippen molar-refractivity contribution in [1.82, 2.24) is 24.7 Å². The first kappa shape index (κ1) is 105. The van der Waals surface area contributed by atoms with Crippen molar-refractivity contribution in [2.75, 3.05) is 63.6 Å². The molecule has 6 aliphatic rings. The number of rotatable bonds is 28. The molecular weight excluding hydrogens is 1630 g/mol. The molecule has 3 fully saturated rings. The van der Waals surface area contributed by atoms with E-state index in [4.69, 9.17) is 78.0 Å². The Hall–Kier alpha value is -4.49. The molecule has 0 aromatic carbocycles. The van der Waals surface area contributed by atoms with E-state index < -0.39 is 105 Å². The van der Waals surface area contributed by atoms with Gasteiger partial charge in [-0.05, 0) is 143 Å². The third-order valence-corrected chi connectivity index (χ3v) is 23.2. The maximum absolute atomic E-state index is 12.5. The molecule has 0 aliphatic carbocycles. The molecule has 0 spiro atoms. The van der Waals surface area contributed by atoms with Crippen LogP contribution in [0, 0.1) is 29.6 Å². The van der Waals surface area contributed by atoms with Gasteiger partial charge in [-0.1, -0.05) is 58.5 Å². The van der Waals surface area contributed by atoms with Crippen LogP contribution in [-0.4, -0.2) is 236 Å². The van der Waals surface area contributed by atoms with Gasteiger partial charge in [0.1, 0.15) is 29.0 Å². The fourth-order valence-corrected chi connectivity index (χ4v) is 16.3. The Morgan fingerprint density at radius 1 is 0.602 bits per heavy atom. The van der Waals surface area contributed by atoms with Crippen LogP contribution in [0.3, 0.4) is 0 Å². The number of aromatic nitrogens is 2. The Morgan fingerprint density at radius 3 is 1.23 bits per heavy atom. The van der Waals surface area contributed by atoms with Gasteiger partial charge < -0.3 is 99.3 Å². The van der Waals surface area contributed by atoms with Gasteiger partial charge in [0.2, 0.25) is 17.4 Å². The first-order valence-electron chi connectivity index (χ1n) is 37.3. The number of ether oxygens (including phenoxy) is 14.